The van der Waals surface area contributed by atoms with Gasteiger partial charge in [-0.05, 0) is 36.4 Å². The van der Waals surface area contributed by atoms with Crippen LogP contribution >= 0.6 is 0 Å². The average molecular weight is 453 g/mol. The molecule has 0 bridgehead atoms. The second-order valence-electron chi connectivity index (χ2n) is 7.24. The summed E-state index contributed by atoms with van der Waals surface area (Å²) in [6.45, 7) is 3.61. The quantitative estimate of drug-likeness (QED) is 0.423. The van der Waals surface area contributed by atoms with Gasteiger partial charge in [-0.1, -0.05) is 24.8 Å². The molecule has 0 aliphatic heterocycles. The fourth-order valence-corrected chi connectivity index (χ4v) is 3.51. The normalized spacial score (nSPS) is 10.6. The van der Waals surface area contributed by atoms with E-state index in [1.54, 1.807) is 36.4 Å². The molecule has 0 fully saturated rings. The number of amides is 2. The topological polar surface area (TPSA) is 151 Å². The first-order valence-electron chi connectivity index (χ1n) is 10.2. The third-order valence-electron chi connectivity index (χ3n) is 5.19. The van der Waals surface area contributed by atoms with Gasteiger partial charge in [0.05, 0.1) is 17.5 Å². The number of carbonyl (C=O) groups is 2. The molecule has 2 aromatic heterocycles. The van der Waals surface area contributed by atoms with Gasteiger partial charge >= 0.3 is 0 Å². The van der Waals surface area contributed by atoms with Crippen LogP contribution in [-0.4, -0.2) is 48.1 Å². The number of carbonyl (C=O) groups excluding carboxylic acids is 2. The van der Waals surface area contributed by atoms with Gasteiger partial charge in [0.25, 0.3) is 11.8 Å². The molecule has 0 unspecified atom stereocenters. The lowest BCUT2D eigenvalue weighted by Crippen LogP contribution is -2.38. The Morgan fingerprint density at radius 2 is 1.97 bits per heavy atom. The van der Waals surface area contributed by atoms with Gasteiger partial charge in [0.2, 0.25) is 0 Å². The molecule has 0 atom stereocenters. The molecule has 4 aromatic rings. The Balaban J connectivity index is 1.73. The molecule has 0 saturated carbocycles. The van der Waals surface area contributed by atoms with Gasteiger partial charge in [-0.2, -0.15) is 10.4 Å². The Kier molecular flexibility index (Phi) is 6.01. The summed E-state index contributed by atoms with van der Waals surface area (Å²) in [6.07, 6.45) is 2.37. The minimum Gasteiger partial charge on any atom is -0.507 e. The predicted molar refractivity (Wildman–Crippen MR) is 124 cm³/mol. The third-order valence-corrected chi connectivity index (χ3v) is 5.19. The number of benzene rings is 2. The Labute approximate surface area is 194 Å². The van der Waals surface area contributed by atoms with Crippen LogP contribution in [0.15, 0.2) is 67.5 Å². The van der Waals surface area contributed by atoms with Gasteiger partial charge in [-0.25, -0.2) is 14.6 Å². The van der Waals surface area contributed by atoms with E-state index in [1.165, 1.54) is 23.1 Å². The zero-order valence-corrected chi connectivity index (χ0v) is 17.9. The van der Waals surface area contributed by atoms with Crippen LogP contribution in [-0.2, 0) is 11.3 Å². The van der Waals surface area contributed by atoms with Gasteiger partial charge in [0.15, 0.2) is 5.65 Å². The maximum Gasteiger partial charge on any atom is 0.260 e. The summed E-state index contributed by atoms with van der Waals surface area (Å²) in [5, 5.41) is 24.1. The number of rotatable bonds is 6. The molecule has 2 aromatic carbocycles. The summed E-state index contributed by atoms with van der Waals surface area (Å²) in [5.41, 5.74) is 7.87. The van der Waals surface area contributed by atoms with Crippen molar-refractivity contribution in [2.24, 2.45) is 0 Å². The van der Waals surface area contributed by atoms with Crippen molar-refractivity contribution in [2.75, 3.05) is 12.3 Å². The number of fused-ring (bicyclic) bond motifs is 1. The van der Waals surface area contributed by atoms with Crippen LogP contribution < -0.4 is 5.73 Å². The van der Waals surface area contributed by atoms with Gasteiger partial charge in [0, 0.05) is 17.7 Å². The van der Waals surface area contributed by atoms with Crippen LogP contribution in [0.3, 0.4) is 0 Å². The number of imide groups is 1. The lowest BCUT2D eigenvalue weighted by Gasteiger charge is -2.19. The van der Waals surface area contributed by atoms with Crippen LogP contribution in [0.5, 0.6) is 5.75 Å². The SMILES string of the molecule is C=CC(=O)N(CCn1nc(-c2ccc(O)c(C#N)c2)c2c(N)ncnc21)C(=O)c1ccccc1. The van der Waals surface area contributed by atoms with E-state index in [0.717, 1.165) is 11.0 Å². The zero-order valence-electron chi connectivity index (χ0n) is 17.9. The first-order valence-corrected chi connectivity index (χ1v) is 10.2. The molecule has 10 nitrogen and oxygen atoms in total. The van der Waals surface area contributed by atoms with Gasteiger partial charge < -0.3 is 10.8 Å². The van der Waals surface area contributed by atoms with E-state index in [9.17, 15) is 20.0 Å². The average Bonchev–Trinajstić information content (AvgIpc) is 3.24. The van der Waals surface area contributed by atoms with Crippen molar-refractivity contribution in [1.82, 2.24) is 24.6 Å². The van der Waals surface area contributed by atoms with Gasteiger partial charge in [0.1, 0.15) is 29.7 Å². The number of aromatic hydroxyl groups is 1. The third kappa shape index (κ3) is 4.05. The second-order valence-corrected chi connectivity index (χ2v) is 7.24. The number of nitrogens with zero attached hydrogens (tertiary/aromatic N) is 6. The summed E-state index contributed by atoms with van der Waals surface area (Å²) >= 11 is 0. The van der Waals surface area contributed by atoms with E-state index in [4.69, 9.17) is 5.73 Å². The molecule has 2 heterocycles. The van der Waals surface area contributed by atoms with Crippen LogP contribution in [0, 0.1) is 11.3 Å². The largest absolute Gasteiger partial charge is 0.507 e. The highest BCUT2D eigenvalue weighted by Gasteiger charge is 2.23. The molecular formula is C24H19N7O3. The minimum atomic E-state index is -0.545. The molecule has 10 heteroatoms. The summed E-state index contributed by atoms with van der Waals surface area (Å²) in [6, 6.07) is 14.8. The van der Waals surface area contributed by atoms with Crippen LogP contribution in [0.1, 0.15) is 15.9 Å². The molecular weight excluding hydrogens is 434 g/mol. The van der Waals surface area contributed by atoms with Crippen molar-refractivity contribution in [3.63, 3.8) is 0 Å². The van der Waals surface area contributed by atoms with Gasteiger partial charge in [-0.3, -0.25) is 14.5 Å². The lowest BCUT2D eigenvalue weighted by atomic mass is 10.1. The highest BCUT2D eigenvalue weighted by atomic mass is 16.3. The molecule has 168 valence electrons. The number of hydrogen-bond donors (Lipinski definition) is 2. The van der Waals surface area contributed by atoms with Gasteiger partial charge in [-0.15, -0.1) is 0 Å². The Morgan fingerprint density at radius 1 is 1.21 bits per heavy atom. The highest BCUT2D eigenvalue weighted by molar-refractivity contribution is 6.07. The standard InChI is InChI=1S/C24H19N7O3/c1-2-19(33)30(24(34)15-6-4-3-5-7-15)10-11-31-23-20(22(26)27-14-28-23)21(29-31)16-8-9-18(32)17(12-16)13-25/h2-9,12,14,32H,1,10-11H2,(H2,26,27,28). The van der Waals surface area contributed by atoms with E-state index in [1.807, 2.05) is 6.07 Å². The molecule has 2 amide bonds. The molecule has 4 rings (SSSR count). The smallest absolute Gasteiger partial charge is 0.260 e. The number of anilines is 1. The maximum absolute atomic E-state index is 12.9. The molecule has 3 N–H and O–H groups in total. The Bertz CT molecular complexity index is 1450. The van der Waals surface area contributed by atoms with Crippen molar-refractivity contribution < 1.29 is 14.7 Å². The molecule has 0 radical (unpaired) electrons. The number of phenolic OH excluding ortho intramolecular Hbond substituents is 1. The molecule has 0 aliphatic carbocycles. The molecule has 34 heavy (non-hydrogen) atoms. The zero-order chi connectivity index (χ0) is 24.2. The number of nitrogen functional groups attached to an aromatic ring is 1. The predicted octanol–water partition coefficient (Wildman–Crippen LogP) is 2.51. The fourth-order valence-electron chi connectivity index (χ4n) is 3.51. The number of nitrogens with two attached hydrogens (primary N) is 1. The van der Waals surface area contributed by atoms with Crippen LogP contribution in [0.2, 0.25) is 0 Å². The Morgan fingerprint density at radius 3 is 2.68 bits per heavy atom. The van der Waals surface area contributed by atoms with Crippen molar-refractivity contribution in [2.45, 2.75) is 6.54 Å². The van der Waals surface area contributed by atoms with Crippen molar-refractivity contribution in [3.05, 3.63) is 78.6 Å². The monoisotopic (exact) mass is 453 g/mol. The summed E-state index contributed by atoms with van der Waals surface area (Å²) in [7, 11) is 0. The minimum absolute atomic E-state index is 0.00225. The maximum atomic E-state index is 12.9. The van der Waals surface area contributed by atoms with Crippen LogP contribution in [0.4, 0.5) is 5.82 Å². The summed E-state index contributed by atoms with van der Waals surface area (Å²) in [4.78, 5) is 34.8. The number of hydrogen-bond acceptors (Lipinski definition) is 8. The second kappa shape index (κ2) is 9.22. The fraction of sp³-hybridized carbons (Fsp3) is 0.0833. The van der Waals surface area contributed by atoms with Crippen molar-refractivity contribution >= 4 is 28.7 Å². The number of phenols is 1. The van der Waals surface area contributed by atoms with E-state index >= 15 is 0 Å². The first kappa shape index (κ1) is 22.2. The lowest BCUT2D eigenvalue weighted by molar-refractivity contribution is -0.123. The number of aromatic nitrogens is 4. The Hall–Kier alpha value is -5.04. The number of nitriles is 1. The first-order chi connectivity index (χ1) is 16.4. The summed E-state index contributed by atoms with van der Waals surface area (Å²) < 4.78 is 1.52. The van der Waals surface area contributed by atoms with E-state index in [2.05, 4.69) is 21.6 Å². The highest BCUT2D eigenvalue weighted by Crippen LogP contribution is 2.32. The van der Waals surface area contributed by atoms with E-state index in [0.29, 0.717) is 27.9 Å². The van der Waals surface area contributed by atoms with E-state index < -0.39 is 11.8 Å². The molecule has 0 aliphatic rings. The molecule has 0 saturated heterocycles. The molecule has 0 spiro atoms. The van der Waals surface area contributed by atoms with E-state index in [-0.39, 0.29) is 30.2 Å². The van der Waals surface area contributed by atoms with Crippen LogP contribution in [0.25, 0.3) is 22.3 Å². The van der Waals surface area contributed by atoms with Crippen molar-refractivity contribution in [3.8, 4) is 23.1 Å². The van der Waals surface area contributed by atoms with Crippen molar-refractivity contribution in [1.29, 1.82) is 5.26 Å². The summed E-state index contributed by atoms with van der Waals surface area (Å²) in [5.74, 6) is -0.986.